The topological polar surface area (TPSA) is 63.0 Å². The highest BCUT2D eigenvalue weighted by Crippen LogP contribution is 2.15. The van der Waals surface area contributed by atoms with Gasteiger partial charge in [-0.2, -0.15) is 0 Å². The highest BCUT2D eigenvalue weighted by molar-refractivity contribution is 7.71. The first-order valence-electron chi connectivity index (χ1n) is 5.90. The lowest BCUT2D eigenvalue weighted by Crippen LogP contribution is -3.12. The van der Waals surface area contributed by atoms with Gasteiger partial charge >= 0.3 is 0 Å². The summed E-state index contributed by atoms with van der Waals surface area (Å²) in [6.07, 6.45) is 0. The van der Waals surface area contributed by atoms with Crippen molar-refractivity contribution in [1.29, 1.82) is 0 Å². The number of hydrogen-bond donors (Lipinski definition) is 3. The molecule has 0 saturated carbocycles. The van der Waals surface area contributed by atoms with E-state index in [1.165, 1.54) is 0 Å². The van der Waals surface area contributed by atoms with Crippen LogP contribution in [0, 0.1) is 4.84 Å². The summed E-state index contributed by atoms with van der Waals surface area (Å²) in [6, 6.07) is 7.65. The Bertz CT molecular complexity index is 558. The maximum absolute atomic E-state index is 9.01. The van der Waals surface area contributed by atoms with E-state index in [1.54, 1.807) is 0 Å². The Morgan fingerprint density at radius 3 is 2.50 bits per heavy atom. The van der Waals surface area contributed by atoms with Crippen molar-refractivity contribution in [2.75, 3.05) is 26.3 Å². The van der Waals surface area contributed by atoms with E-state index in [-0.39, 0.29) is 13.2 Å². The van der Waals surface area contributed by atoms with Crippen molar-refractivity contribution in [1.82, 2.24) is 4.57 Å². The van der Waals surface area contributed by atoms with E-state index in [4.69, 9.17) is 26.8 Å². The molecule has 5 nitrogen and oxygen atoms in total. The molecular formula is C12H17N2O3S+. The number of benzene rings is 1. The van der Waals surface area contributed by atoms with Gasteiger partial charge in [-0.3, -0.25) is 4.57 Å². The summed E-state index contributed by atoms with van der Waals surface area (Å²) in [5.74, 6) is 0. The van der Waals surface area contributed by atoms with E-state index in [0.29, 0.717) is 24.6 Å². The first-order valence-corrected chi connectivity index (χ1v) is 6.30. The molecular weight excluding hydrogens is 252 g/mol. The van der Waals surface area contributed by atoms with Crippen molar-refractivity contribution in [2.45, 2.75) is 6.67 Å². The Morgan fingerprint density at radius 1 is 1.17 bits per heavy atom. The van der Waals surface area contributed by atoms with Crippen LogP contribution in [-0.2, 0) is 6.67 Å². The lowest BCUT2D eigenvalue weighted by molar-refractivity contribution is -0.923. The molecule has 0 atom stereocenters. The van der Waals surface area contributed by atoms with E-state index < -0.39 is 0 Å². The van der Waals surface area contributed by atoms with Crippen LogP contribution in [0.1, 0.15) is 0 Å². The fraction of sp³-hybridized carbons (Fsp3) is 0.417. The monoisotopic (exact) mass is 269 g/mol. The molecule has 1 aromatic heterocycles. The van der Waals surface area contributed by atoms with Gasteiger partial charge in [0, 0.05) is 0 Å². The van der Waals surface area contributed by atoms with Gasteiger partial charge in [-0.1, -0.05) is 12.1 Å². The fourth-order valence-corrected chi connectivity index (χ4v) is 2.24. The molecule has 0 saturated heterocycles. The molecule has 0 aliphatic carbocycles. The zero-order chi connectivity index (χ0) is 13.0. The highest BCUT2D eigenvalue weighted by atomic mass is 32.1. The zero-order valence-corrected chi connectivity index (χ0v) is 10.8. The molecule has 2 aromatic rings. The lowest BCUT2D eigenvalue weighted by Gasteiger charge is -2.17. The molecule has 0 fully saturated rings. The van der Waals surface area contributed by atoms with Crippen molar-refractivity contribution in [3.63, 3.8) is 0 Å². The van der Waals surface area contributed by atoms with Gasteiger partial charge in [-0.05, 0) is 24.4 Å². The molecule has 98 valence electrons. The van der Waals surface area contributed by atoms with Crippen LogP contribution in [0.25, 0.3) is 11.1 Å². The third-order valence-corrected chi connectivity index (χ3v) is 3.19. The SMILES string of the molecule is OCC[NH+](CCO)Cn1c(=S)oc2ccccc21. The number of fused-ring (bicyclic) bond motifs is 1. The maximum Gasteiger partial charge on any atom is 0.274 e. The average molecular weight is 269 g/mol. The van der Waals surface area contributed by atoms with Crippen LogP contribution in [0.2, 0.25) is 0 Å². The number of nitrogens with zero attached hydrogens (tertiary/aromatic N) is 1. The van der Waals surface area contributed by atoms with E-state index >= 15 is 0 Å². The molecule has 18 heavy (non-hydrogen) atoms. The quantitative estimate of drug-likeness (QED) is 0.635. The molecule has 1 aromatic carbocycles. The number of para-hydroxylation sites is 2. The highest BCUT2D eigenvalue weighted by Gasteiger charge is 2.12. The van der Waals surface area contributed by atoms with Crippen LogP contribution in [0.15, 0.2) is 28.7 Å². The summed E-state index contributed by atoms with van der Waals surface area (Å²) in [7, 11) is 0. The number of hydrogen-bond acceptors (Lipinski definition) is 4. The number of nitrogens with one attached hydrogen (secondary N) is 1. The Morgan fingerprint density at radius 2 is 1.83 bits per heavy atom. The number of aliphatic hydroxyl groups excluding tert-OH is 2. The van der Waals surface area contributed by atoms with Gasteiger partial charge in [0.2, 0.25) is 0 Å². The molecule has 0 bridgehead atoms. The minimum atomic E-state index is 0.0818. The lowest BCUT2D eigenvalue weighted by atomic mass is 10.3. The minimum absolute atomic E-state index is 0.0818. The molecule has 1 heterocycles. The summed E-state index contributed by atoms with van der Waals surface area (Å²) in [6.45, 7) is 1.89. The predicted octanol–water partition coefficient (Wildman–Crippen LogP) is -0.209. The van der Waals surface area contributed by atoms with Gasteiger partial charge in [0.15, 0.2) is 12.3 Å². The van der Waals surface area contributed by atoms with Gasteiger partial charge in [-0.15, -0.1) is 0 Å². The third-order valence-electron chi connectivity index (χ3n) is 2.89. The Kier molecular flexibility index (Phi) is 4.48. The van der Waals surface area contributed by atoms with Gasteiger partial charge < -0.3 is 19.5 Å². The van der Waals surface area contributed by atoms with E-state index in [1.807, 2.05) is 28.8 Å². The summed E-state index contributed by atoms with van der Waals surface area (Å²) in [4.78, 5) is 1.48. The number of quaternary nitrogens is 1. The molecule has 0 spiro atoms. The minimum Gasteiger partial charge on any atom is -0.429 e. The molecule has 6 heteroatoms. The second kappa shape index (κ2) is 6.10. The van der Waals surface area contributed by atoms with Gasteiger partial charge in [0.25, 0.3) is 4.84 Å². The maximum atomic E-state index is 9.01. The molecule has 0 radical (unpaired) electrons. The average Bonchev–Trinajstić information content (AvgIpc) is 2.67. The second-order valence-corrected chi connectivity index (χ2v) is 4.47. The third kappa shape index (κ3) is 2.78. The standard InChI is InChI=1S/C12H16N2O3S/c15-7-5-13(6-8-16)9-14-10-3-1-2-4-11(10)17-12(14)18/h1-4,15-16H,5-9H2/p+1. The molecule has 0 aliphatic rings. The van der Waals surface area contributed by atoms with Crippen LogP contribution in [0.5, 0.6) is 0 Å². The Labute approximate surface area is 110 Å². The van der Waals surface area contributed by atoms with Crippen LogP contribution in [0.3, 0.4) is 0 Å². The van der Waals surface area contributed by atoms with Crippen molar-refractivity contribution < 1.29 is 19.5 Å². The normalized spacial score (nSPS) is 11.5. The van der Waals surface area contributed by atoms with E-state index in [9.17, 15) is 0 Å². The van der Waals surface area contributed by atoms with Crippen molar-refractivity contribution in [2.24, 2.45) is 0 Å². The van der Waals surface area contributed by atoms with Crippen LogP contribution in [-0.4, -0.2) is 41.1 Å². The molecule has 0 amide bonds. The Hall–Kier alpha value is -1.21. The summed E-state index contributed by atoms with van der Waals surface area (Å²) in [5.41, 5.74) is 1.70. The van der Waals surface area contributed by atoms with Crippen LogP contribution < -0.4 is 4.90 Å². The number of aromatic nitrogens is 1. The fourth-order valence-electron chi connectivity index (χ4n) is 1.99. The van der Waals surface area contributed by atoms with Gasteiger partial charge in [-0.25, -0.2) is 0 Å². The smallest absolute Gasteiger partial charge is 0.274 e. The van der Waals surface area contributed by atoms with Crippen LogP contribution in [0.4, 0.5) is 0 Å². The zero-order valence-electron chi connectivity index (χ0n) is 10.0. The second-order valence-electron chi connectivity index (χ2n) is 4.12. The van der Waals surface area contributed by atoms with E-state index in [2.05, 4.69) is 0 Å². The first kappa shape index (κ1) is 13.2. The molecule has 0 aliphatic heterocycles. The van der Waals surface area contributed by atoms with Crippen LogP contribution >= 0.6 is 12.2 Å². The van der Waals surface area contributed by atoms with Crippen molar-refractivity contribution >= 4 is 23.3 Å². The Balaban J connectivity index is 2.29. The molecule has 0 unspecified atom stereocenters. The summed E-state index contributed by atoms with van der Waals surface area (Å²) >= 11 is 5.20. The summed E-state index contributed by atoms with van der Waals surface area (Å²) in [5, 5.41) is 18.0. The predicted molar refractivity (Wildman–Crippen MR) is 69.9 cm³/mol. The summed E-state index contributed by atoms with van der Waals surface area (Å²) < 4.78 is 7.39. The van der Waals surface area contributed by atoms with Gasteiger partial charge in [0.1, 0.15) is 13.1 Å². The molecule has 2 rings (SSSR count). The number of aliphatic hydroxyl groups is 2. The number of oxazole rings is 1. The van der Waals surface area contributed by atoms with Gasteiger partial charge in [0.05, 0.1) is 18.7 Å². The molecule has 3 N–H and O–H groups in total. The largest absolute Gasteiger partial charge is 0.429 e. The van der Waals surface area contributed by atoms with E-state index in [0.717, 1.165) is 16.0 Å². The van der Waals surface area contributed by atoms with Crippen molar-refractivity contribution in [3.05, 3.63) is 29.1 Å². The first-order chi connectivity index (χ1) is 8.76. The number of rotatable bonds is 6. The van der Waals surface area contributed by atoms with Crippen molar-refractivity contribution in [3.8, 4) is 0 Å².